The maximum atomic E-state index is 12.8. The summed E-state index contributed by atoms with van der Waals surface area (Å²) in [6.45, 7) is 1.51. The van der Waals surface area contributed by atoms with Crippen molar-refractivity contribution in [2.45, 2.75) is 25.7 Å². The molecule has 1 N–H and O–H groups in total. The summed E-state index contributed by atoms with van der Waals surface area (Å²) in [7, 11) is 1.60. The predicted molar refractivity (Wildman–Crippen MR) is 126 cm³/mol. The van der Waals surface area contributed by atoms with Gasteiger partial charge < -0.3 is 9.72 Å². The van der Waals surface area contributed by atoms with Gasteiger partial charge in [0.1, 0.15) is 16.7 Å². The number of aromatic amines is 1. The summed E-state index contributed by atoms with van der Waals surface area (Å²) in [6.07, 6.45) is -3.90. The van der Waals surface area contributed by atoms with Gasteiger partial charge in [-0.05, 0) is 36.4 Å². The highest BCUT2D eigenvalue weighted by Gasteiger charge is 2.30. The summed E-state index contributed by atoms with van der Waals surface area (Å²) in [5, 5.41) is 1.31. The number of alkyl halides is 3. The first-order chi connectivity index (χ1) is 16.7. The number of methoxy groups -OCH3 is 1. The first-order valence-electron chi connectivity index (χ1n) is 10.9. The fourth-order valence-corrected chi connectivity index (χ4v) is 4.43. The molecule has 4 aromatic rings. The van der Waals surface area contributed by atoms with Gasteiger partial charge in [-0.2, -0.15) is 13.2 Å². The average molecular weight is 501 g/mol. The monoisotopic (exact) mass is 500 g/mol. The van der Waals surface area contributed by atoms with E-state index in [2.05, 4.69) is 19.9 Å². The van der Waals surface area contributed by atoms with E-state index >= 15 is 0 Å². The highest BCUT2D eigenvalue weighted by molar-refractivity contribution is 6.30. The lowest BCUT2D eigenvalue weighted by Crippen LogP contribution is -2.35. The van der Waals surface area contributed by atoms with Gasteiger partial charge in [0, 0.05) is 42.6 Å². The third-order valence-corrected chi connectivity index (χ3v) is 6.40. The highest BCUT2D eigenvalue weighted by Crippen LogP contribution is 2.31. The molecule has 2 aromatic heterocycles. The van der Waals surface area contributed by atoms with Crippen LogP contribution in [0.4, 0.5) is 13.2 Å². The Morgan fingerprint density at radius 2 is 1.89 bits per heavy atom. The van der Waals surface area contributed by atoms with Crippen molar-refractivity contribution >= 4 is 22.5 Å². The van der Waals surface area contributed by atoms with E-state index in [1.165, 1.54) is 12.1 Å². The Bertz CT molecular complexity index is 1470. The molecule has 1 aliphatic rings. The van der Waals surface area contributed by atoms with E-state index in [0.29, 0.717) is 48.0 Å². The zero-order valence-corrected chi connectivity index (χ0v) is 19.4. The summed E-state index contributed by atoms with van der Waals surface area (Å²) in [6, 6.07) is 12.1. The van der Waals surface area contributed by atoms with Crippen LogP contribution in [-0.2, 0) is 25.7 Å². The van der Waals surface area contributed by atoms with Crippen LogP contribution in [0.5, 0.6) is 5.75 Å². The number of halogens is 4. The van der Waals surface area contributed by atoms with E-state index in [4.69, 9.17) is 16.3 Å². The summed E-state index contributed by atoms with van der Waals surface area (Å²) >= 11 is 6.44. The zero-order valence-electron chi connectivity index (χ0n) is 18.6. The summed E-state index contributed by atoms with van der Waals surface area (Å²) in [5.74, 6) is 0.979. The number of fused-ring (bicyclic) bond motifs is 2. The van der Waals surface area contributed by atoms with Crippen LogP contribution in [-0.4, -0.2) is 33.5 Å². The van der Waals surface area contributed by atoms with Crippen molar-refractivity contribution in [2.24, 2.45) is 0 Å². The molecule has 2 aromatic carbocycles. The van der Waals surface area contributed by atoms with Gasteiger partial charge in [-0.15, -0.1) is 0 Å². The SMILES string of the molecule is COc1ccc2nc(Cl)c(CN3CCc4nc(-c5ccc(C(F)(F)F)cc5)[nH]c(=O)c4C3)cc2c1. The van der Waals surface area contributed by atoms with E-state index < -0.39 is 11.7 Å². The van der Waals surface area contributed by atoms with Crippen LogP contribution in [0.15, 0.2) is 53.3 Å². The maximum absolute atomic E-state index is 12.8. The van der Waals surface area contributed by atoms with E-state index in [1.807, 2.05) is 24.3 Å². The molecule has 35 heavy (non-hydrogen) atoms. The summed E-state index contributed by atoms with van der Waals surface area (Å²) in [5.41, 5.74) is 2.15. The molecule has 6 nitrogen and oxygen atoms in total. The molecule has 0 unspecified atom stereocenters. The Morgan fingerprint density at radius 1 is 1.11 bits per heavy atom. The Balaban J connectivity index is 1.38. The summed E-state index contributed by atoms with van der Waals surface area (Å²) < 4.78 is 43.8. The van der Waals surface area contributed by atoms with Crippen LogP contribution >= 0.6 is 11.6 Å². The second-order valence-corrected chi connectivity index (χ2v) is 8.73. The minimum Gasteiger partial charge on any atom is -0.497 e. The molecule has 10 heteroatoms. The van der Waals surface area contributed by atoms with E-state index in [-0.39, 0.29) is 11.4 Å². The molecule has 0 amide bonds. The van der Waals surface area contributed by atoms with Gasteiger partial charge >= 0.3 is 6.18 Å². The van der Waals surface area contributed by atoms with Crippen molar-refractivity contribution in [2.75, 3.05) is 13.7 Å². The van der Waals surface area contributed by atoms with Crippen LogP contribution in [0.25, 0.3) is 22.3 Å². The molecule has 0 saturated carbocycles. The minimum atomic E-state index is -4.42. The number of hydrogen-bond donors (Lipinski definition) is 1. The van der Waals surface area contributed by atoms with Gasteiger partial charge in [-0.25, -0.2) is 9.97 Å². The van der Waals surface area contributed by atoms with Crippen LogP contribution in [0.1, 0.15) is 22.4 Å². The number of rotatable bonds is 4. The normalized spacial score (nSPS) is 14.2. The molecule has 1 aliphatic heterocycles. The zero-order chi connectivity index (χ0) is 24.7. The van der Waals surface area contributed by atoms with Gasteiger partial charge in [0.15, 0.2) is 0 Å². The molecule has 3 heterocycles. The lowest BCUT2D eigenvalue weighted by Gasteiger charge is -2.28. The Morgan fingerprint density at radius 3 is 2.60 bits per heavy atom. The molecule has 5 rings (SSSR count). The summed E-state index contributed by atoms with van der Waals surface area (Å²) in [4.78, 5) is 26.7. The maximum Gasteiger partial charge on any atom is 0.416 e. The molecule has 0 spiro atoms. The standard InChI is InChI=1S/C25H20ClF3N4O2/c1-35-18-6-7-20-15(11-18)10-16(22(26)30-20)12-33-9-8-21-19(13-33)24(34)32-23(31-21)14-2-4-17(5-3-14)25(27,28)29/h2-7,10-11H,8-9,12-13H2,1H3,(H,31,32,34). The molecule has 0 radical (unpaired) electrons. The van der Waals surface area contributed by atoms with Crippen LogP contribution < -0.4 is 10.3 Å². The molecule has 0 atom stereocenters. The number of nitrogens with zero attached hydrogens (tertiary/aromatic N) is 3. The first-order valence-corrected chi connectivity index (χ1v) is 11.2. The Kier molecular flexibility index (Phi) is 5.98. The second kappa shape index (κ2) is 8.98. The van der Waals surface area contributed by atoms with Gasteiger partial charge in [0.2, 0.25) is 0 Å². The van der Waals surface area contributed by atoms with E-state index in [9.17, 15) is 18.0 Å². The van der Waals surface area contributed by atoms with Gasteiger partial charge in [-0.1, -0.05) is 23.7 Å². The Labute approximate surface area is 203 Å². The fraction of sp³-hybridized carbons (Fsp3) is 0.240. The third kappa shape index (κ3) is 4.74. The van der Waals surface area contributed by atoms with Gasteiger partial charge in [-0.3, -0.25) is 9.69 Å². The van der Waals surface area contributed by atoms with Gasteiger partial charge in [0.05, 0.1) is 29.4 Å². The number of ether oxygens (including phenoxy) is 1. The topological polar surface area (TPSA) is 71.1 Å². The van der Waals surface area contributed by atoms with Crippen molar-refractivity contribution in [1.29, 1.82) is 0 Å². The third-order valence-electron chi connectivity index (χ3n) is 6.08. The van der Waals surface area contributed by atoms with Crippen LogP contribution in [0.2, 0.25) is 5.15 Å². The number of pyridine rings is 1. The van der Waals surface area contributed by atoms with E-state index in [0.717, 1.165) is 34.3 Å². The smallest absolute Gasteiger partial charge is 0.416 e. The first kappa shape index (κ1) is 23.3. The molecule has 0 saturated heterocycles. The van der Waals surface area contributed by atoms with Crippen LogP contribution in [0.3, 0.4) is 0 Å². The number of H-pyrrole nitrogens is 1. The van der Waals surface area contributed by atoms with Gasteiger partial charge in [0.25, 0.3) is 5.56 Å². The van der Waals surface area contributed by atoms with Crippen molar-refractivity contribution < 1.29 is 17.9 Å². The lowest BCUT2D eigenvalue weighted by molar-refractivity contribution is -0.137. The molecule has 0 bridgehead atoms. The molecular weight excluding hydrogens is 481 g/mol. The van der Waals surface area contributed by atoms with Crippen molar-refractivity contribution in [1.82, 2.24) is 19.9 Å². The number of benzene rings is 2. The molecular formula is C25H20ClF3N4O2. The number of nitrogens with one attached hydrogen (secondary N) is 1. The quantitative estimate of drug-likeness (QED) is 0.389. The van der Waals surface area contributed by atoms with Crippen molar-refractivity contribution in [3.8, 4) is 17.1 Å². The highest BCUT2D eigenvalue weighted by atomic mass is 35.5. The predicted octanol–water partition coefficient (Wildman–Crippen LogP) is 5.22. The van der Waals surface area contributed by atoms with Crippen molar-refractivity contribution in [3.63, 3.8) is 0 Å². The van der Waals surface area contributed by atoms with E-state index in [1.54, 1.807) is 7.11 Å². The van der Waals surface area contributed by atoms with Crippen molar-refractivity contribution in [3.05, 3.63) is 86.4 Å². The second-order valence-electron chi connectivity index (χ2n) is 8.37. The lowest BCUT2D eigenvalue weighted by atomic mass is 10.0. The van der Waals surface area contributed by atoms with Crippen LogP contribution in [0, 0.1) is 0 Å². The average Bonchev–Trinajstić information content (AvgIpc) is 2.84. The Hall–Kier alpha value is -3.43. The molecule has 0 aliphatic carbocycles. The fourth-order valence-electron chi connectivity index (χ4n) is 4.22. The largest absolute Gasteiger partial charge is 0.497 e. The molecule has 180 valence electrons. The molecule has 0 fully saturated rings. The number of aromatic nitrogens is 3. The minimum absolute atomic E-state index is 0.256. The number of hydrogen-bond acceptors (Lipinski definition) is 5.